The van der Waals surface area contributed by atoms with Crippen LogP contribution in [0, 0.1) is 0 Å². The number of aliphatic imine (C=N–C) groups is 1. The third-order valence-corrected chi connectivity index (χ3v) is 1.91. The van der Waals surface area contributed by atoms with Crippen LogP contribution in [0.3, 0.4) is 0 Å². The van der Waals surface area contributed by atoms with Crippen LogP contribution in [0.4, 0.5) is 14.5 Å². The molecule has 4 N–H and O–H groups in total. The number of halogens is 2. The summed E-state index contributed by atoms with van der Waals surface area (Å²) < 4.78 is 26.0. The van der Waals surface area contributed by atoms with Crippen LogP contribution in [0.15, 0.2) is 41.2 Å². The number of nitrogens with two attached hydrogens (primary N) is 2. The lowest BCUT2D eigenvalue weighted by molar-refractivity contribution is 0.0175. The van der Waals surface area contributed by atoms with Crippen LogP contribution in [-0.4, -0.2) is 6.21 Å². The van der Waals surface area contributed by atoms with Gasteiger partial charge in [-0.1, -0.05) is 12.1 Å². The third kappa shape index (κ3) is 3.34. The molecule has 0 aliphatic heterocycles. The van der Waals surface area contributed by atoms with Gasteiger partial charge in [0.15, 0.2) is 0 Å². The van der Waals surface area contributed by atoms with Gasteiger partial charge in [0, 0.05) is 18.7 Å². The minimum Gasteiger partial charge on any atom is -0.403 e. The summed E-state index contributed by atoms with van der Waals surface area (Å²) in [7, 11) is 0. The second-order valence-electron chi connectivity index (χ2n) is 3.36. The fourth-order valence-corrected chi connectivity index (χ4v) is 1.05. The number of nitrogens with zero attached hydrogens (tertiary/aromatic N) is 1. The summed E-state index contributed by atoms with van der Waals surface area (Å²) in [5.41, 5.74) is 11.1. The average molecular weight is 225 g/mol. The molecule has 0 spiro atoms. The van der Waals surface area contributed by atoms with E-state index in [0.717, 1.165) is 6.92 Å². The molecule has 1 aromatic carbocycles. The second-order valence-corrected chi connectivity index (χ2v) is 3.36. The van der Waals surface area contributed by atoms with Gasteiger partial charge < -0.3 is 11.5 Å². The molecular formula is C11H13F2N3. The predicted octanol–water partition coefficient (Wildman–Crippen LogP) is 2.26. The summed E-state index contributed by atoms with van der Waals surface area (Å²) in [4.78, 5) is 3.92. The van der Waals surface area contributed by atoms with Crippen LogP contribution in [0.2, 0.25) is 0 Å². The number of alkyl halides is 2. The van der Waals surface area contributed by atoms with Gasteiger partial charge in [-0.25, -0.2) is 8.78 Å². The van der Waals surface area contributed by atoms with Gasteiger partial charge in [0.1, 0.15) is 0 Å². The summed E-state index contributed by atoms with van der Waals surface area (Å²) in [5, 5.41) is 0. The van der Waals surface area contributed by atoms with Crippen LogP contribution in [0.5, 0.6) is 0 Å². The Morgan fingerprint density at radius 1 is 1.44 bits per heavy atom. The van der Waals surface area contributed by atoms with Crippen molar-refractivity contribution in [3.63, 3.8) is 0 Å². The standard InChI is InChI=1S/C11H13F2N3/c1-11(12,13)8-3-2-4-10(5-8)16-7-9(15)6-14/h2-7H,14-15H2,1H3/b9-6+,16-7?. The third-order valence-electron chi connectivity index (χ3n) is 1.91. The summed E-state index contributed by atoms with van der Waals surface area (Å²) in [6, 6.07) is 5.78. The Morgan fingerprint density at radius 2 is 2.12 bits per heavy atom. The molecule has 86 valence electrons. The van der Waals surface area contributed by atoms with Crippen molar-refractivity contribution < 1.29 is 8.78 Å². The summed E-state index contributed by atoms with van der Waals surface area (Å²) in [6.45, 7) is 0.837. The monoisotopic (exact) mass is 225 g/mol. The highest BCUT2D eigenvalue weighted by Crippen LogP contribution is 2.29. The van der Waals surface area contributed by atoms with Crippen molar-refractivity contribution in [3.8, 4) is 0 Å². The van der Waals surface area contributed by atoms with E-state index in [4.69, 9.17) is 11.5 Å². The van der Waals surface area contributed by atoms with Gasteiger partial charge >= 0.3 is 0 Å². The van der Waals surface area contributed by atoms with E-state index in [1.165, 1.54) is 30.6 Å². The molecule has 5 heteroatoms. The lowest BCUT2D eigenvalue weighted by atomic mass is 10.1. The van der Waals surface area contributed by atoms with Gasteiger partial charge in [0.2, 0.25) is 0 Å². The maximum Gasteiger partial charge on any atom is 0.270 e. The van der Waals surface area contributed by atoms with Crippen LogP contribution >= 0.6 is 0 Å². The number of rotatable bonds is 3. The molecule has 0 bridgehead atoms. The highest BCUT2D eigenvalue weighted by molar-refractivity contribution is 5.79. The molecule has 1 rings (SSSR count). The van der Waals surface area contributed by atoms with E-state index in [1.807, 2.05) is 0 Å². The number of allylic oxidation sites excluding steroid dienone is 1. The van der Waals surface area contributed by atoms with Crippen molar-refractivity contribution >= 4 is 11.9 Å². The van der Waals surface area contributed by atoms with Crippen LogP contribution in [0.25, 0.3) is 0 Å². The molecule has 0 saturated heterocycles. The van der Waals surface area contributed by atoms with Gasteiger partial charge in [0.05, 0.1) is 17.6 Å². The molecule has 0 amide bonds. The molecule has 0 heterocycles. The average Bonchev–Trinajstić information content (AvgIpc) is 2.25. The number of hydrogen-bond donors (Lipinski definition) is 2. The van der Waals surface area contributed by atoms with Gasteiger partial charge in [-0.3, -0.25) is 4.99 Å². The number of benzene rings is 1. The quantitative estimate of drug-likeness (QED) is 0.775. The molecule has 16 heavy (non-hydrogen) atoms. The Morgan fingerprint density at radius 3 is 2.69 bits per heavy atom. The molecule has 0 saturated carbocycles. The van der Waals surface area contributed by atoms with E-state index < -0.39 is 5.92 Å². The van der Waals surface area contributed by atoms with Crippen molar-refractivity contribution in [1.82, 2.24) is 0 Å². The van der Waals surface area contributed by atoms with Gasteiger partial charge in [-0.2, -0.15) is 0 Å². The van der Waals surface area contributed by atoms with E-state index in [9.17, 15) is 8.78 Å². The normalized spacial score (nSPS) is 13.3. The number of hydrogen-bond acceptors (Lipinski definition) is 3. The van der Waals surface area contributed by atoms with E-state index in [1.54, 1.807) is 6.07 Å². The molecule has 0 aromatic heterocycles. The predicted molar refractivity (Wildman–Crippen MR) is 60.6 cm³/mol. The molecular weight excluding hydrogens is 212 g/mol. The minimum atomic E-state index is -2.87. The lowest BCUT2D eigenvalue weighted by Crippen LogP contribution is -2.06. The zero-order chi connectivity index (χ0) is 12.2. The Kier molecular flexibility index (Phi) is 3.60. The van der Waals surface area contributed by atoms with Crippen LogP contribution in [0.1, 0.15) is 12.5 Å². The van der Waals surface area contributed by atoms with Crippen molar-refractivity contribution in [1.29, 1.82) is 0 Å². The smallest absolute Gasteiger partial charge is 0.270 e. The van der Waals surface area contributed by atoms with Crippen LogP contribution < -0.4 is 11.5 Å². The maximum atomic E-state index is 13.0. The first-order valence-corrected chi connectivity index (χ1v) is 4.63. The van der Waals surface area contributed by atoms with Crippen molar-refractivity contribution in [3.05, 3.63) is 41.7 Å². The van der Waals surface area contributed by atoms with E-state index >= 15 is 0 Å². The zero-order valence-corrected chi connectivity index (χ0v) is 8.82. The van der Waals surface area contributed by atoms with Crippen molar-refractivity contribution in [2.75, 3.05) is 0 Å². The molecule has 0 aliphatic carbocycles. The Labute approximate surface area is 92.5 Å². The van der Waals surface area contributed by atoms with Gasteiger partial charge in [-0.15, -0.1) is 0 Å². The largest absolute Gasteiger partial charge is 0.403 e. The highest BCUT2D eigenvalue weighted by Gasteiger charge is 2.23. The van der Waals surface area contributed by atoms with Gasteiger partial charge in [-0.05, 0) is 12.1 Å². The Bertz CT molecular complexity index is 419. The Balaban J connectivity index is 2.96. The maximum absolute atomic E-state index is 13.0. The summed E-state index contributed by atoms with van der Waals surface area (Å²) in [6.07, 6.45) is 2.49. The zero-order valence-electron chi connectivity index (χ0n) is 8.82. The van der Waals surface area contributed by atoms with Gasteiger partial charge in [0.25, 0.3) is 5.92 Å². The lowest BCUT2D eigenvalue weighted by Gasteiger charge is -2.10. The van der Waals surface area contributed by atoms with E-state index in [2.05, 4.69) is 4.99 Å². The molecule has 0 radical (unpaired) electrons. The van der Waals surface area contributed by atoms with Crippen molar-refractivity contribution in [2.45, 2.75) is 12.8 Å². The molecule has 0 fully saturated rings. The molecule has 0 aliphatic rings. The first-order chi connectivity index (χ1) is 7.43. The molecule has 0 atom stereocenters. The molecule has 0 unspecified atom stereocenters. The second kappa shape index (κ2) is 4.74. The topological polar surface area (TPSA) is 64.4 Å². The SMILES string of the molecule is CC(F)(F)c1cccc(N=C/C(N)=C\N)c1. The summed E-state index contributed by atoms with van der Waals surface area (Å²) in [5.74, 6) is -2.87. The first kappa shape index (κ1) is 12.2. The fourth-order valence-electron chi connectivity index (χ4n) is 1.05. The summed E-state index contributed by atoms with van der Waals surface area (Å²) >= 11 is 0. The highest BCUT2D eigenvalue weighted by atomic mass is 19.3. The van der Waals surface area contributed by atoms with E-state index in [0.29, 0.717) is 5.69 Å². The minimum absolute atomic E-state index is 0.0857. The molecule has 1 aromatic rings. The van der Waals surface area contributed by atoms with Crippen molar-refractivity contribution in [2.24, 2.45) is 16.5 Å². The first-order valence-electron chi connectivity index (χ1n) is 4.63. The Hall–Kier alpha value is -1.91. The molecule has 3 nitrogen and oxygen atoms in total. The van der Waals surface area contributed by atoms with Crippen LogP contribution in [-0.2, 0) is 5.92 Å². The van der Waals surface area contributed by atoms with E-state index in [-0.39, 0.29) is 11.3 Å². The fraction of sp³-hybridized carbons (Fsp3) is 0.182.